The van der Waals surface area contributed by atoms with E-state index in [1.54, 1.807) is 7.11 Å². The maximum atomic E-state index is 5.27. The van der Waals surface area contributed by atoms with Gasteiger partial charge in [-0.2, -0.15) is 5.10 Å². The first-order chi connectivity index (χ1) is 10.1. The molecule has 1 aromatic carbocycles. The summed E-state index contributed by atoms with van der Waals surface area (Å²) in [6.45, 7) is 9.46. The van der Waals surface area contributed by atoms with Crippen LogP contribution in [0.5, 0.6) is 5.75 Å². The lowest BCUT2D eigenvalue weighted by molar-refractivity contribution is 0.413. The van der Waals surface area contributed by atoms with Crippen LogP contribution in [-0.2, 0) is 13.1 Å². The van der Waals surface area contributed by atoms with E-state index in [2.05, 4.69) is 42.2 Å². The number of ether oxygens (including phenoxy) is 1. The third kappa shape index (κ3) is 3.95. The summed E-state index contributed by atoms with van der Waals surface area (Å²) in [6, 6.07) is 8.39. The highest BCUT2D eigenvalue weighted by molar-refractivity contribution is 5.30. The summed E-state index contributed by atoms with van der Waals surface area (Å²) < 4.78 is 7.18. The molecule has 4 nitrogen and oxygen atoms in total. The van der Waals surface area contributed by atoms with Gasteiger partial charge in [-0.1, -0.05) is 18.2 Å². The zero-order valence-electron chi connectivity index (χ0n) is 13.0. The summed E-state index contributed by atoms with van der Waals surface area (Å²) in [4.78, 5) is 0. The summed E-state index contributed by atoms with van der Waals surface area (Å²) in [5, 5.41) is 7.99. The Morgan fingerprint density at radius 3 is 3.00 bits per heavy atom. The van der Waals surface area contributed by atoms with E-state index in [1.165, 1.54) is 11.1 Å². The number of methoxy groups -OCH3 is 1. The fourth-order valence-corrected chi connectivity index (χ4v) is 2.25. The molecule has 0 radical (unpaired) electrons. The number of allylic oxidation sites excluding steroid dienone is 1. The quantitative estimate of drug-likeness (QED) is 0.794. The second kappa shape index (κ2) is 7.09. The summed E-state index contributed by atoms with van der Waals surface area (Å²) in [6.07, 6.45) is 3.92. The van der Waals surface area contributed by atoms with Crippen LogP contribution in [0.3, 0.4) is 0 Å². The number of nitrogens with zero attached hydrogens (tertiary/aromatic N) is 2. The number of rotatable bonds is 7. The minimum Gasteiger partial charge on any atom is -0.497 e. The fourth-order valence-electron chi connectivity index (χ4n) is 2.25. The van der Waals surface area contributed by atoms with Crippen LogP contribution in [0.15, 0.2) is 43.1 Å². The van der Waals surface area contributed by atoms with Crippen molar-refractivity contribution in [3.05, 3.63) is 59.9 Å². The Morgan fingerprint density at radius 2 is 2.29 bits per heavy atom. The lowest BCUT2D eigenvalue weighted by Crippen LogP contribution is -2.18. The van der Waals surface area contributed by atoms with Crippen molar-refractivity contribution in [2.45, 2.75) is 33.0 Å². The van der Waals surface area contributed by atoms with E-state index in [9.17, 15) is 0 Å². The molecule has 0 unspecified atom stereocenters. The largest absolute Gasteiger partial charge is 0.497 e. The smallest absolute Gasteiger partial charge is 0.119 e. The SMILES string of the molecule is C=CCn1cc(CN[C@H](C)c2cccc(OC)c2)c(C)n1. The van der Waals surface area contributed by atoms with Crippen molar-refractivity contribution < 1.29 is 4.74 Å². The summed E-state index contributed by atoms with van der Waals surface area (Å²) in [7, 11) is 1.69. The monoisotopic (exact) mass is 285 g/mol. The van der Waals surface area contributed by atoms with Crippen molar-refractivity contribution in [3.8, 4) is 5.75 Å². The Morgan fingerprint density at radius 1 is 1.48 bits per heavy atom. The molecule has 1 aromatic heterocycles. The highest BCUT2D eigenvalue weighted by atomic mass is 16.5. The van der Waals surface area contributed by atoms with Crippen LogP contribution in [0.1, 0.15) is 29.8 Å². The number of nitrogens with one attached hydrogen (secondary N) is 1. The van der Waals surface area contributed by atoms with E-state index in [1.807, 2.05) is 29.8 Å². The summed E-state index contributed by atoms with van der Waals surface area (Å²) in [5.41, 5.74) is 3.49. The zero-order chi connectivity index (χ0) is 15.2. The number of benzene rings is 1. The first-order valence-electron chi connectivity index (χ1n) is 7.15. The normalized spacial score (nSPS) is 12.1. The van der Waals surface area contributed by atoms with E-state index >= 15 is 0 Å². The first kappa shape index (κ1) is 15.3. The lowest BCUT2D eigenvalue weighted by Gasteiger charge is -2.14. The Labute approximate surface area is 126 Å². The Kier molecular flexibility index (Phi) is 5.17. The second-order valence-electron chi connectivity index (χ2n) is 5.13. The van der Waals surface area contributed by atoms with E-state index in [0.717, 1.165) is 24.5 Å². The summed E-state index contributed by atoms with van der Waals surface area (Å²) >= 11 is 0. The zero-order valence-corrected chi connectivity index (χ0v) is 13.0. The minimum atomic E-state index is 0.252. The van der Waals surface area contributed by atoms with Crippen LogP contribution in [0, 0.1) is 6.92 Å². The van der Waals surface area contributed by atoms with Crippen molar-refractivity contribution in [3.63, 3.8) is 0 Å². The lowest BCUT2D eigenvalue weighted by atomic mass is 10.1. The van der Waals surface area contributed by atoms with Crippen molar-refractivity contribution in [2.75, 3.05) is 7.11 Å². The van der Waals surface area contributed by atoms with Crippen molar-refractivity contribution >= 4 is 0 Å². The van der Waals surface area contributed by atoms with E-state index in [0.29, 0.717) is 0 Å². The van der Waals surface area contributed by atoms with Crippen LogP contribution in [0.25, 0.3) is 0 Å². The van der Waals surface area contributed by atoms with Gasteiger partial charge in [0.25, 0.3) is 0 Å². The van der Waals surface area contributed by atoms with Gasteiger partial charge >= 0.3 is 0 Å². The molecule has 112 valence electrons. The molecule has 0 aliphatic carbocycles. The van der Waals surface area contributed by atoms with Crippen LogP contribution in [0.2, 0.25) is 0 Å². The fraction of sp³-hybridized carbons (Fsp3) is 0.353. The number of aryl methyl sites for hydroxylation is 1. The van der Waals surface area contributed by atoms with Gasteiger partial charge in [-0.3, -0.25) is 4.68 Å². The average molecular weight is 285 g/mol. The Hall–Kier alpha value is -2.07. The summed E-state index contributed by atoms with van der Waals surface area (Å²) in [5.74, 6) is 0.885. The van der Waals surface area contributed by atoms with E-state index in [-0.39, 0.29) is 6.04 Å². The van der Waals surface area contributed by atoms with Gasteiger partial charge in [-0.25, -0.2) is 0 Å². The molecule has 0 aliphatic heterocycles. The second-order valence-corrected chi connectivity index (χ2v) is 5.13. The average Bonchev–Trinajstić information content (AvgIpc) is 2.85. The van der Waals surface area contributed by atoms with Gasteiger partial charge in [-0.15, -0.1) is 6.58 Å². The molecule has 1 heterocycles. The maximum absolute atomic E-state index is 5.27. The predicted octanol–water partition coefficient (Wildman–Crippen LogP) is 3.24. The predicted molar refractivity (Wildman–Crippen MR) is 85.4 cm³/mol. The van der Waals surface area contributed by atoms with Gasteiger partial charge in [0.15, 0.2) is 0 Å². The third-order valence-corrected chi connectivity index (χ3v) is 3.56. The molecule has 2 rings (SSSR count). The first-order valence-corrected chi connectivity index (χ1v) is 7.15. The molecular formula is C17H23N3O. The maximum Gasteiger partial charge on any atom is 0.119 e. The van der Waals surface area contributed by atoms with Crippen molar-refractivity contribution in [1.82, 2.24) is 15.1 Å². The standard InChI is InChI=1S/C17H23N3O/c1-5-9-20-12-16(14(3)19-20)11-18-13(2)15-7-6-8-17(10-15)21-4/h5-8,10,12-13,18H,1,9,11H2,2-4H3/t13-/m1/s1. The molecule has 1 atom stereocenters. The molecule has 0 spiro atoms. The molecule has 4 heteroatoms. The molecular weight excluding hydrogens is 262 g/mol. The Bertz CT molecular complexity index is 604. The highest BCUT2D eigenvalue weighted by Gasteiger charge is 2.09. The van der Waals surface area contributed by atoms with Gasteiger partial charge in [0.2, 0.25) is 0 Å². The molecule has 0 amide bonds. The van der Waals surface area contributed by atoms with E-state index in [4.69, 9.17) is 4.74 Å². The van der Waals surface area contributed by atoms with Crippen LogP contribution >= 0.6 is 0 Å². The van der Waals surface area contributed by atoms with Gasteiger partial charge < -0.3 is 10.1 Å². The van der Waals surface area contributed by atoms with Gasteiger partial charge in [0.05, 0.1) is 19.3 Å². The molecule has 1 N–H and O–H groups in total. The van der Waals surface area contributed by atoms with Gasteiger partial charge in [-0.05, 0) is 31.5 Å². The van der Waals surface area contributed by atoms with Crippen LogP contribution < -0.4 is 10.1 Å². The molecule has 0 aliphatic rings. The number of hydrogen-bond donors (Lipinski definition) is 1. The molecule has 0 bridgehead atoms. The Balaban J connectivity index is 2.00. The van der Waals surface area contributed by atoms with Gasteiger partial charge in [0, 0.05) is 24.3 Å². The number of aromatic nitrogens is 2. The topological polar surface area (TPSA) is 39.1 Å². The van der Waals surface area contributed by atoms with Crippen molar-refractivity contribution in [1.29, 1.82) is 0 Å². The number of hydrogen-bond acceptors (Lipinski definition) is 3. The minimum absolute atomic E-state index is 0.252. The molecule has 21 heavy (non-hydrogen) atoms. The molecule has 0 fully saturated rings. The molecule has 0 saturated carbocycles. The van der Waals surface area contributed by atoms with Crippen LogP contribution in [0.4, 0.5) is 0 Å². The third-order valence-electron chi connectivity index (χ3n) is 3.56. The van der Waals surface area contributed by atoms with Crippen molar-refractivity contribution in [2.24, 2.45) is 0 Å². The van der Waals surface area contributed by atoms with E-state index < -0.39 is 0 Å². The molecule has 2 aromatic rings. The van der Waals surface area contributed by atoms with Gasteiger partial charge in [0.1, 0.15) is 5.75 Å². The highest BCUT2D eigenvalue weighted by Crippen LogP contribution is 2.19. The van der Waals surface area contributed by atoms with Crippen LogP contribution in [-0.4, -0.2) is 16.9 Å². The molecule has 0 saturated heterocycles.